The first-order chi connectivity index (χ1) is 15.4. The monoisotopic (exact) mass is 425 g/mol. The Kier molecular flexibility index (Phi) is 6.17. The number of hydrogen-bond acceptors (Lipinski definition) is 3. The molecule has 0 atom stereocenters. The van der Waals surface area contributed by atoms with E-state index >= 15 is 0 Å². The summed E-state index contributed by atoms with van der Waals surface area (Å²) < 4.78 is 0. The summed E-state index contributed by atoms with van der Waals surface area (Å²) >= 11 is 0. The minimum absolute atomic E-state index is 0.0675. The fourth-order valence-electron chi connectivity index (χ4n) is 3.82. The van der Waals surface area contributed by atoms with Gasteiger partial charge in [0.2, 0.25) is 11.8 Å². The molecule has 0 unspecified atom stereocenters. The first kappa shape index (κ1) is 21.5. The number of aliphatic imine (C=N–C) groups is 1. The molecule has 5 heteroatoms. The Hall–Kier alpha value is -3.73. The van der Waals surface area contributed by atoms with Gasteiger partial charge in [0, 0.05) is 5.69 Å². The topological polar surface area (TPSA) is 61.8 Å². The van der Waals surface area contributed by atoms with Crippen molar-refractivity contribution in [2.24, 2.45) is 4.99 Å². The van der Waals surface area contributed by atoms with Gasteiger partial charge in [-0.25, -0.2) is 0 Å². The summed E-state index contributed by atoms with van der Waals surface area (Å²) in [6.45, 7) is 6.11. The maximum absolute atomic E-state index is 13.3. The van der Waals surface area contributed by atoms with E-state index < -0.39 is 0 Å². The molecule has 2 amide bonds. The van der Waals surface area contributed by atoms with Gasteiger partial charge in [0.25, 0.3) is 0 Å². The van der Waals surface area contributed by atoms with Gasteiger partial charge in [-0.05, 0) is 72.9 Å². The third-order valence-corrected chi connectivity index (χ3v) is 5.81. The average Bonchev–Trinajstić information content (AvgIpc) is 2.92. The van der Waals surface area contributed by atoms with Crippen LogP contribution in [0.3, 0.4) is 0 Å². The lowest BCUT2D eigenvalue weighted by molar-refractivity contribution is -0.120. The van der Waals surface area contributed by atoms with Gasteiger partial charge in [-0.3, -0.25) is 14.6 Å². The second-order valence-corrected chi connectivity index (χ2v) is 8.11. The van der Waals surface area contributed by atoms with Crippen LogP contribution in [0.15, 0.2) is 71.7 Å². The molecule has 162 valence electrons. The summed E-state index contributed by atoms with van der Waals surface area (Å²) in [4.78, 5) is 32.5. The number of rotatable bonds is 5. The van der Waals surface area contributed by atoms with Crippen molar-refractivity contribution in [2.75, 3.05) is 16.8 Å². The van der Waals surface area contributed by atoms with Gasteiger partial charge in [-0.15, -0.1) is 0 Å². The van der Waals surface area contributed by atoms with E-state index in [0.29, 0.717) is 17.1 Å². The fourth-order valence-corrected chi connectivity index (χ4v) is 3.82. The van der Waals surface area contributed by atoms with E-state index in [1.807, 2.05) is 60.7 Å². The maximum Gasteiger partial charge on any atom is 0.244 e. The van der Waals surface area contributed by atoms with Gasteiger partial charge in [0.15, 0.2) is 0 Å². The number of carbonyl (C=O) groups excluding carboxylic acids is 2. The van der Waals surface area contributed by atoms with Crippen molar-refractivity contribution in [2.45, 2.75) is 33.6 Å². The standard InChI is InChI=1S/C27H27N3O2/c1-4-20-8-7-9-22(15-20)28-26(31)17-30-25-11-6-5-10-23(25)29-24(16-27(30)32)21-13-12-18(2)19(3)14-21/h5-15H,4,16-17H2,1-3H3,(H,28,31). The number of amides is 2. The highest BCUT2D eigenvalue weighted by molar-refractivity contribution is 6.19. The van der Waals surface area contributed by atoms with Crippen LogP contribution in [0.4, 0.5) is 17.1 Å². The lowest BCUT2D eigenvalue weighted by Crippen LogP contribution is -2.38. The second kappa shape index (κ2) is 9.18. The molecule has 3 aromatic rings. The van der Waals surface area contributed by atoms with Crippen LogP contribution in [0, 0.1) is 13.8 Å². The number of aryl methyl sites for hydroxylation is 3. The number of carbonyl (C=O) groups is 2. The Morgan fingerprint density at radius 2 is 1.81 bits per heavy atom. The number of benzene rings is 3. The summed E-state index contributed by atoms with van der Waals surface area (Å²) in [5.74, 6) is -0.388. The van der Waals surface area contributed by atoms with Crippen molar-refractivity contribution in [3.05, 3.63) is 89.0 Å². The summed E-state index contributed by atoms with van der Waals surface area (Å²) in [6.07, 6.45) is 1.02. The molecular formula is C27H27N3O2. The number of hydrogen-bond donors (Lipinski definition) is 1. The molecule has 0 radical (unpaired) electrons. The quantitative estimate of drug-likeness (QED) is 0.598. The van der Waals surface area contributed by atoms with E-state index in [4.69, 9.17) is 4.99 Å². The van der Waals surface area contributed by atoms with Crippen LogP contribution >= 0.6 is 0 Å². The molecule has 0 aliphatic carbocycles. The lowest BCUT2D eigenvalue weighted by atomic mass is 10.0. The molecule has 0 fully saturated rings. The molecule has 32 heavy (non-hydrogen) atoms. The zero-order chi connectivity index (χ0) is 22.7. The van der Waals surface area contributed by atoms with Crippen molar-refractivity contribution in [1.29, 1.82) is 0 Å². The summed E-state index contributed by atoms with van der Waals surface area (Å²) in [6, 6.07) is 21.3. The van der Waals surface area contributed by atoms with Gasteiger partial charge in [-0.1, -0.05) is 43.3 Å². The van der Waals surface area contributed by atoms with Crippen LogP contribution in [0.25, 0.3) is 0 Å². The Balaban J connectivity index is 1.60. The molecule has 0 saturated carbocycles. The molecule has 1 N–H and O–H groups in total. The molecule has 1 aliphatic heterocycles. The largest absolute Gasteiger partial charge is 0.325 e. The number of para-hydroxylation sites is 2. The highest BCUT2D eigenvalue weighted by Gasteiger charge is 2.26. The maximum atomic E-state index is 13.3. The van der Waals surface area contributed by atoms with Crippen LogP contribution < -0.4 is 10.2 Å². The lowest BCUT2D eigenvalue weighted by Gasteiger charge is -2.22. The minimum atomic E-state index is -0.240. The third-order valence-electron chi connectivity index (χ3n) is 5.81. The second-order valence-electron chi connectivity index (χ2n) is 8.11. The Labute approximate surface area is 188 Å². The zero-order valence-electron chi connectivity index (χ0n) is 18.7. The van der Waals surface area contributed by atoms with Gasteiger partial charge < -0.3 is 10.2 Å². The first-order valence-electron chi connectivity index (χ1n) is 10.9. The predicted molar refractivity (Wildman–Crippen MR) is 130 cm³/mol. The Bertz CT molecular complexity index is 1210. The highest BCUT2D eigenvalue weighted by atomic mass is 16.2. The van der Waals surface area contributed by atoms with Crippen molar-refractivity contribution in [3.63, 3.8) is 0 Å². The van der Waals surface area contributed by atoms with Gasteiger partial charge in [-0.2, -0.15) is 0 Å². The molecular weight excluding hydrogens is 398 g/mol. The smallest absolute Gasteiger partial charge is 0.244 e. The highest BCUT2D eigenvalue weighted by Crippen LogP contribution is 2.33. The van der Waals surface area contributed by atoms with Gasteiger partial charge >= 0.3 is 0 Å². The molecule has 4 rings (SSSR count). The molecule has 0 aromatic heterocycles. The molecule has 0 bridgehead atoms. The summed E-state index contributed by atoms with van der Waals surface area (Å²) in [7, 11) is 0. The van der Waals surface area contributed by atoms with E-state index in [2.05, 4.69) is 32.2 Å². The van der Waals surface area contributed by atoms with Crippen LogP contribution in [0.1, 0.15) is 35.6 Å². The van der Waals surface area contributed by atoms with E-state index in [1.165, 1.54) is 10.5 Å². The molecule has 0 saturated heterocycles. The number of anilines is 2. The van der Waals surface area contributed by atoms with Crippen molar-refractivity contribution < 1.29 is 9.59 Å². The number of nitrogens with zero attached hydrogens (tertiary/aromatic N) is 2. The minimum Gasteiger partial charge on any atom is -0.325 e. The Morgan fingerprint density at radius 3 is 2.59 bits per heavy atom. The summed E-state index contributed by atoms with van der Waals surface area (Å²) in [5, 5.41) is 2.92. The van der Waals surface area contributed by atoms with E-state index in [0.717, 1.165) is 28.8 Å². The molecule has 3 aromatic carbocycles. The fraction of sp³-hybridized carbons (Fsp3) is 0.222. The van der Waals surface area contributed by atoms with Crippen LogP contribution in [-0.2, 0) is 16.0 Å². The number of fused-ring (bicyclic) bond motifs is 1. The Morgan fingerprint density at radius 1 is 1.00 bits per heavy atom. The zero-order valence-corrected chi connectivity index (χ0v) is 18.7. The van der Waals surface area contributed by atoms with Gasteiger partial charge in [0.1, 0.15) is 6.54 Å². The SMILES string of the molecule is CCc1cccc(NC(=O)CN2C(=O)CC(c3ccc(C)c(C)c3)=Nc3ccccc32)c1. The normalized spacial score (nSPS) is 13.3. The molecule has 0 spiro atoms. The first-order valence-corrected chi connectivity index (χ1v) is 10.9. The van der Waals surface area contributed by atoms with Crippen molar-refractivity contribution in [3.8, 4) is 0 Å². The average molecular weight is 426 g/mol. The van der Waals surface area contributed by atoms with Crippen LogP contribution in [0.5, 0.6) is 0 Å². The van der Waals surface area contributed by atoms with E-state index in [9.17, 15) is 9.59 Å². The van der Waals surface area contributed by atoms with Crippen molar-refractivity contribution >= 4 is 34.6 Å². The predicted octanol–water partition coefficient (Wildman–Crippen LogP) is 5.36. The molecule has 1 aliphatic rings. The van der Waals surface area contributed by atoms with Crippen LogP contribution in [-0.4, -0.2) is 24.1 Å². The molecule has 1 heterocycles. The van der Waals surface area contributed by atoms with Crippen LogP contribution in [0.2, 0.25) is 0 Å². The van der Waals surface area contributed by atoms with Gasteiger partial charge in [0.05, 0.1) is 23.5 Å². The van der Waals surface area contributed by atoms with E-state index in [1.54, 1.807) is 0 Å². The third kappa shape index (κ3) is 4.62. The van der Waals surface area contributed by atoms with Crippen molar-refractivity contribution in [1.82, 2.24) is 0 Å². The van der Waals surface area contributed by atoms with E-state index in [-0.39, 0.29) is 24.8 Å². The summed E-state index contributed by atoms with van der Waals surface area (Å²) in [5.41, 5.74) is 7.20. The molecule has 5 nitrogen and oxygen atoms in total. The number of nitrogens with one attached hydrogen (secondary N) is 1.